The molecule has 0 aromatic heterocycles. The molecule has 3 aliphatic rings. The number of rotatable bonds is 5. The predicted molar refractivity (Wildman–Crippen MR) is 118 cm³/mol. The minimum absolute atomic E-state index is 0.0397. The van der Waals surface area contributed by atoms with Crippen molar-refractivity contribution in [2.45, 2.75) is 24.5 Å². The van der Waals surface area contributed by atoms with Gasteiger partial charge in [-0.3, -0.25) is 29.4 Å². The van der Waals surface area contributed by atoms with E-state index in [-0.39, 0.29) is 13.0 Å². The first kappa shape index (κ1) is 21.4. The van der Waals surface area contributed by atoms with Crippen LogP contribution in [0, 0.1) is 11.8 Å². The number of imide groups is 1. The Bertz CT molecular complexity index is 1200. The average molecular weight is 469 g/mol. The molecule has 2 saturated heterocycles. The van der Waals surface area contributed by atoms with Crippen LogP contribution in [0.1, 0.15) is 17.5 Å². The first-order valence-electron chi connectivity index (χ1n) is 10.4. The van der Waals surface area contributed by atoms with E-state index in [2.05, 4.69) is 10.6 Å². The number of hydrogen-bond donors (Lipinski definition) is 3. The molecule has 4 amide bonds. The average Bonchev–Trinajstić information content (AvgIpc) is 3.35. The molecule has 0 saturated carbocycles. The van der Waals surface area contributed by atoms with Gasteiger partial charge < -0.3 is 15.8 Å². The fourth-order valence-corrected chi connectivity index (χ4v) is 5.54. The highest BCUT2D eigenvalue weighted by Gasteiger charge is 2.70. The molecule has 5 rings (SSSR count). The van der Waals surface area contributed by atoms with Crippen molar-refractivity contribution in [1.29, 1.82) is 0 Å². The summed E-state index contributed by atoms with van der Waals surface area (Å²) >= 11 is 6.30. The summed E-state index contributed by atoms with van der Waals surface area (Å²) in [4.78, 5) is 53.4. The second-order valence-corrected chi connectivity index (χ2v) is 8.87. The van der Waals surface area contributed by atoms with E-state index in [1.165, 1.54) is 0 Å². The van der Waals surface area contributed by atoms with E-state index in [9.17, 15) is 19.2 Å². The Hall–Kier alpha value is -3.43. The number of ether oxygens (including phenoxy) is 1. The van der Waals surface area contributed by atoms with Crippen LogP contribution < -0.4 is 21.1 Å². The van der Waals surface area contributed by atoms with Gasteiger partial charge in [-0.05, 0) is 23.8 Å². The maximum Gasteiger partial charge on any atom is 0.250 e. The Morgan fingerprint density at radius 1 is 1.15 bits per heavy atom. The SMILES string of the molecule is COc1ccc(CN2C(=O)[C@H]3[C@H](CC(N)=O)N[C@]4(C(=O)Nc5c(Cl)cccc54)[C@@H]3C2=O)cc1. The van der Waals surface area contributed by atoms with Crippen molar-refractivity contribution in [1.82, 2.24) is 10.2 Å². The largest absolute Gasteiger partial charge is 0.497 e. The number of nitrogens with zero attached hydrogens (tertiary/aromatic N) is 1. The van der Waals surface area contributed by atoms with Crippen molar-refractivity contribution < 1.29 is 23.9 Å². The molecule has 3 heterocycles. The Morgan fingerprint density at radius 2 is 1.88 bits per heavy atom. The van der Waals surface area contributed by atoms with Gasteiger partial charge in [-0.1, -0.05) is 35.9 Å². The van der Waals surface area contributed by atoms with E-state index in [4.69, 9.17) is 22.1 Å². The number of methoxy groups -OCH3 is 1. The number of nitrogens with two attached hydrogens (primary N) is 1. The molecular weight excluding hydrogens is 448 g/mol. The van der Waals surface area contributed by atoms with Crippen LogP contribution in [0.25, 0.3) is 0 Å². The number of hydrogen-bond acceptors (Lipinski definition) is 6. The first-order chi connectivity index (χ1) is 15.8. The second-order valence-electron chi connectivity index (χ2n) is 8.46. The fourth-order valence-electron chi connectivity index (χ4n) is 5.31. The summed E-state index contributed by atoms with van der Waals surface area (Å²) in [7, 11) is 1.55. The molecule has 1 spiro atoms. The van der Waals surface area contributed by atoms with Crippen LogP contribution in [-0.2, 0) is 31.3 Å². The summed E-state index contributed by atoms with van der Waals surface area (Å²) in [6, 6.07) is 11.2. The van der Waals surface area contributed by atoms with E-state index in [1.54, 1.807) is 49.6 Å². The molecule has 2 fully saturated rings. The summed E-state index contributed by atoms with van der Waals surface area (Å²) in [5, 5.41) is 6.21. The first-order valence-corrected chi connectivity index (χ1v) is 10.8. The monoisotopic (exact) mass is 468 g/mol. The van der Waals surface area contributed by atoms with Gasteiger partial charge in [-0.2, -0.15) is 0 Å². The summed E-state index contributed by atoms with van der Waals surface area (Å²) < 4.78 is 5.16. The maximum absolute atomic E-state index is 13.7. The lowest BCUT2D eigenvalue weighted by Crippen LogP contribution is -2.53. The zero-order valence-electron chi connectivity index (χ0n) is 17.6. The Labute approximate surface area is 194 Å². The van der Waals surface area contributed by atoms with Crippen molar-refractivity contribution >= 4 is 40.9 Å². The number of amides is 4. The third-order valence-electron chi connectivity index (χ3n) is 6.71. The van der Waals surface area contributed by atoms with Crippen LogP contribution in [0.5, 0.6) is 5.75 Å². The molecule has 0 unspecified atom stereocenters. The zero-order chi connectivity index (χ0) is 23.5. The Balaban J connectivity index is 1.58. The van der Waals surface area contributed by atoms with Gasteiger partial charge in [-0.15, -0.1) is 0 Å². The fraction of sp³-hybridized carbons (Fsp3) is 0.304. The van der Waals surface area contributed by atoms with Crippen LogP contribution >= 0.6 is 11.6 Å². The molecule has 10 heteroatoms. The molecule has 170 valence electrons. The summed E-state index contributed by atoms with van der Waals surface area (Å²) in [6.45, 7) is 0.0397. The van der Waals surface area contributed by atoms with Crippen molar-refractivity contribution in [3.63, 3.8) is 0 Å². The second kappa shape index (κ2) is 7.57. The van der Waals surface area contributed by atoms with Crippen LogP contribution in [0.4, 0.5) is 5.69 Å². The number of anilines is 1. The third kappa shape index (κ3) is 3.03. The summed E-state index contributed by atoms with van der Waals surface area (Å²) in [5.74, 6) is -3.35. The highest BCUT2D eigenvalue weighted by Crippen LogP contribution is 2.54. The van der Waals surface area contributed by atoms with Gasteiger partial charge in [0, 0.05) is 18.0 Å². The van der Waals surface area contributed by atoms with E-state index in [1.807, 2.05) is 0 Å². The van der Waals surface area contributed by atoms with Gasteiger partial charge >= 0.3 is 0 Å². The zero-order valence-corrected chi connectivity index (χ0v) is 18.4. The molecule has 0 aliphatic carbocycles. The highest BCUT2D eigenvalue weighted by atomic mass is 35.5. The smallest absolute Gasteiger partial charge is 0.250 e. The molecule has 4 atom stereocenters. The number of carbonyl (C=O) groups excluding carboxylic acids is 4. The molecule has 9 nitrogen and oxygen atoms in total. The van der Waals surface area contributed by atoms with Gasteiger partial charge in [0.2, 0.25) is 23.6 Å². The van der Waals surface area contributed by atoms with Crippen molar-refractivity contribution in [3.8, 4) is 5.75 Å². The van der Waals surface area contributed by atoms with E-state index < -0.39 is 47.0 Å². The molecule has 33 heavy (non-hydrogen) atoms. The standard InChI is InChI=1S/C23H21ClN4O5/c1-33-12-7-5-11(6-8-12)10-28-20(30)17-15(9-16(25)29)27-23(18(17)21(28)31)13-3-2-4-14(24)19(13)26-22(23)32/h2-8,15,17-18,27H,9-10H2,1H3,(H2,25,29)(H,26,32)/t15-,17-,18-,23-/m0/s1. The van der Waals surface area contributed by atoms with Gasteiger partial charge in [0.05, 0.1) is 36.2 Å². The van der Waals surface area contributed by atoms with Gasteiger partial charge in [-0.25, -0.2) is 0 Å². The molecular formula is C23H21ClN4O5. The van der Waals surface area contributed by atoms with Crippen molar-refractivity contribution in [2.24, 2.45) is 17.6 Å². The van der Waals surface area contributed by atoms with Crippen molar-refractivity contribution in [3.05, 3.63) is 58.6 Å². The topological polar surface area (TPSA) is 131 Å². The van der Waals surface area contributed by atoms with E-state index in [0.29, 0.717) is 22.0 Å². The number of primary amides is 1. The Kier molecular flexibility index (Phi) is 4.91. The summed E-state index contributed by atoms with van der Waals surface area (Å²) in [6.07, 6.45) is -0.193. The maximum atomic E-state index is 13.7. The third-order valence-corrected chi connectivity index (χ3v) is 7.03. The van der Waals surface area contributed by atoms with Gasteiger partial charge in [0.15, 0.2) is 0 Å². The minimum Gasteiger partial charge on any atom is -0.497 e. The van der Waals surface area contributed by atoms with Crippen LogP contribution in [-0.4, -0.2) is 41.7 Å². The van der Waals surface area contributed by atoms with Gasteiger partial charge in [0.25, 0.3) is 0 Å². The number of halogens is 1. The normalized spacial score (nSPS) is 27.6. The number of benzene rings is 2. The number of fused-ring (bicyclic) bond motifs is 4. The number of nitrogens with one attached hydrogen (secondary N) is 2. The molecule has 0 radical (unpaired) electrons. The number of carbonyl (C=O) groups is 4. The van der Waals surface area contributed by atoms with Crippen LogP contribution in [0.2, 0.25) is 5.02 Å². The molecule has 3 aliphatic heterocycles. The molecule has 0 bridgehead atoms. The molecule has 2 aromatic carbocycles. The van der Waals surface area contributed by atoms with E-state index >= 15 is 0 Å². The van der Waals surface area contributed by atoms with E-state index in [0.717, 1.165) is 10.5 Å². The number of likely N-dealkylation sites (tertiary alicyclic amines) is 1. The van der Waals surface area contributed by atoms with Crippen LogP contribution in [0.15, 0.2) is 42.5 Å². The molecule has 4 N–H and O–H groups in total. The van der Waals surface area contributed by atoms with Gasteiger partial charge in [0.1, 0.15) is 11.3 Å². The highest BCUT2D eigenvalue weighted by molar-refractivity contribution is 6.35. The Morgan fingerprint density at radius 3 is 2.55 bits per heavy atom. The van der Waals surface area contributed by atoms with Crippen LogP contribution in [0.3, 0.4) is 0 Å². The lowest BCUT2D eigenvalue weighted by molar-refractivity contribution is -0.143. The summed E-state index contributed by atoms with van der Waals surface area (Å²) in [5.41, 5.74) is 5.52. The lowest BCUT2D eigenvalue weighted by Gasteiger charge is -2.29. The minimum atomic E-state index is -1.52. The quantitative estimate of drug-likeness (QED) is 0.564. The van der Waals surface area contributed by atoms with Crippen molar-refractivity contribution in [2.75, 3.05) is 12.4 Å². The predicted octanol–water partition coefficient (Wildman–Crippen LogP) is 1.14. The molecule has 2 aromatic rings. The lowest BCUT2D eigenvalue weighted by atomic mass is 9.76. The number of para-hydroxylation sites is 1.